The highest BCUT2D eigenvalue weighted by atomic mass is 32.1. The van der Waals surface area contributed by atoms with Crippen LogP contribution in [-0.2, 0) is 29.2 Å². The number of ether oxygens (including phenoxy) is 2. The Morgan fingerprint density at radius 1 is 1.23 bits per heavy atom. The highest BCUT2D eigenvalue weighted by Gasteiger charge is 2.21. The molecule has 0 spiro atoms. The first-order valence-electron chi connectivity index (χ1n) is 11.1. The minimum absolute atomic E-state index is 0.152. The van der Waals surface area contributed by atoms with Gasteiger partial charge in [-0.1, -0.05) is 30.3 Å². The van der Waals surface area contributed by atoms with Crippen molar-refractivity contribution in [2.75, 3.05) is 20.3 Å². The van der Waals surface area contributed by atoms with Gasteiger partial charge >= 0.3 is 5.97 Å². The van der Waals surface area contributed by atoms with Crippen LogP contribution in [0.1, 0.15) is 32.4 Å². The number of rotatable bonds is 11. The number of esters is 1. The van der Waals surface area contributed by atoms with Crippen molar-refractivity contribution in [3.05, 3.63) is 86.7 Å². The molecule has 35 heavy (non-hydrogen) atoms. The maximum absolute atomic E-state index is 12.8. The largest absolute Gasteiger partial charge is 0.468 e. The second kappa shape index (κ2) is 11.4. The predicted molar refractivity (Wildman–Crippen MR) is 131 cm³/mol. The smallest absolute Gasteiger partial charge is 0.348 e. The maximum atomic E-state index is 12.8. The van der Waals surface area contributed by atoms with Crippen LogP contribution in [0.4, 0.5) is 0 Å². The zero-order chi connectivity index (χ0) is 24.8. The molecular weight excluding hydrogens is 470 g/mol. The van der Waals surface area contributed by atoms with E-state index in [1.165, 1.54) is 7.11 Å². The molecule has 9 nitrogen and oxygen atoms in total. The summed E-state index contributed by atoms with van der Waals surface area (Å²) in [6.45, 7) is 3.19. The van der Waals surface area contributed by atoms with E-state index in [1.807, 2.05) is 41.3 Å². The van der Waals surface area contributed by atoms with Crippen molar-refractivity contribution in [2.24, 2.45) is 0 Å². The number of methoxy groups -OCH3 is 1. The van der Waals surface area contributed by atoms with E-state index in [0.717, 1.165) is 16.9 Å². The molecule has 184 valence electrons. The van der Waals surface area contributed by atoms with Gasteiger partial charge in [-0.05, 0) is 30.2 Å². The Balaban J connectivity index is 1.48. The van der Waals surface area contributed by atoms with Crippen molar-refractivity contribution < 1.29 is 23.8 Å². The van der Waals surface area contributed by atoms with Gasteiger partial charge in [-0.2, -0.15) is 0 Å². The number of aryl methyl sites for hydroxylation is 1. The fourth-order valence-corrected chi connectivity index (χ4v) is 4.93. The van der Waals surface area contributed by atoms with Gasteiger partial charge in [0.05, 0.1) is 51.2 Å². The average molecular weight is 498 g/mol. The molecule has 1 aromatic carbocycles. The fourth-order valence-electron chi connectivity index (χ4n) is 3.81. The lowest BCUT2D eigenvalue weighted by Gasteiger charge is -2.23. The van der Waals surface area contributed by atoms with Crippen LogP contribution in [0.2, 0.25) is 0 Å². The summed E-state index contributed by atoms with van der Waals surface area (Å²) in [4.78, 5) is 35.0. The van der Waals surface area contributed by atoms with Gasteiger partial charge in [0.15, 0.2) is 0 Å². The molecule has 0 unspecified atom stereocenters. The number of nitrogens with one attached hydrogen (secondary N) is 1. The van der Waals surface area contributed by atoms with E-state index < -0.39 is 12.1 Å². The summed E-state index contributed by atoms with van der Waals surface area (Å²) in [5, 5.41) is 11.0. The molecule has 4 aromatic rings. The number of hydrogen-bond acceptors (Lipinski definition) is 9. The van der Waals surface area contributed by atoms with Gasteiger partial charge in [0.2, 0.25) is 0 Å². The van der Waals surface area contributed by atoms with Crippen molar-refractivity contribution >= 4 is 27.5 Å². The Morgan fingerprint density at radius 2 is 2.03 bits per heavy atom. The lowest BCUT2D eigenvalue weighted by molar-refractivity contribution is 0.00572. The van der Waals surface area contributed by atoms with Crippen molar-refractivity contribution in [1.82, 2.24) is 14.9 Å². The van der Waals surface area contributed by atoms with Gasteiger partial charge in [0, 0.05) is 6.54 Å². The normalized spacial score (nSPS) is 12.3. The molecule has 3 aromatic heterocycles. The minimum Gasteiger partial charge on any atom is -0.468 e. The first-order chi connectivity index (χ1) is 16.9. The summed E-state index contributed by atoms with van der Waals surface area (Å²) in [5.74, 6) is 0.638. The van der Waals surface area contributed by atoms with Crippen LogP contribution >= 0.6 is 11.3 Å². The van der Waals surface area contributed by atoms with Crippen molar-refractivity contribution in [2.45, 2.75) is 32.7 Å². The Kier molecular flexibility index (Phi) is 8.09. The summed E-state index contributed by atoms with van der Waals surface area (Å²) < 4.78 is 16.0. The molecule has 3 heterocycles. The summed E-state index contributed by atoms with van der Waals surface area (Å²) in [6, 6.07) is 13.4. The van der Waals surface area contributed by atoms with E-state index in [2.05, 4.69) is 9.97 Å². The van der Waals surface area contributed by atoms with E-state index >= 15 is 0 Å². The molecule has 2 N–H and O–H groups in total. The summed E-state index contributed by atoms with van der Waals surface area (Å²) in [6.07, 6.45) is 0.820. The zero-order valence-corrected chi connectivity index (χ0v) is 20.3. The van der Waals surface area contributed by atoms with Gasteiger partial charge < -0.3 is 24.0 Å². The zero-order valence-electron chi connectivity index (χ0n) is 19.5. The van der Waals surface area contributed by atoms with E-state index in [9.17, 15) is 14.7 Å². The number of aromatic amines is 1. The van der Waals surface area contributed by atoms with Crippen LogP contribution in [0.15, 0.2) is 57.9 Å². The number of thiophene rings is 1. The number of aromatic nitrogens is 2. The van der Waals surface area contributed by atoms with Crippen LogP contribution in [0, 0.1) is 6.92 Å². The third-order valence-electron chi connectivity index (χ3n) is 5.44. The number of H-pyrrole nitrogens is 1. The van der Waals surface area contributed by atoms with Gasteiger partial charge in [0.25, 0.3) is 5.56 Å². The number of furan rings is 1. The van der Waals surface area contributed by atoms with Gasteiger partial charge in [-0.15, -0.1) is 11.3 Å². The predicted octanol–water partition coefficient (Wildman–Crippen LogP) is 3.25. The molecule has 0 saturated carbocycles. The molecule has 4 rings (SSSR count). The molecule has 0 radical (unpaired) electrons. The molecule has 0 saturated heterocycles. The molecule has 0 fully saturated rings. The number of hydrogen-bond donors (Lipinski definition) is 2. The Morgan fingerprint density at radius 3 is 2.74 bits per heavy atom. The first-order valence-corrected chi connectivity index (χ1v) is 11.9. The molecule has 10 heteroatoms. The van der Waals surface area contributed by atoms with Crippen LogP contribution in [0.3, 0.4) is 0 Å². The Bertz CT molecular complexity index is 1320. The highest BCUT2D eigenvalue weighted by molar-refractivity contribution is 7.20. The number of aliphatic hydroxyl groups is 1. The van der Waals surface area contributed by atoms with Gasteiger partial charge in [0.1, 0.15) is 21.3 Å². The number of benzene rings is 1. The average Bonchev–Trinajstić information content (AvgIpc) is 3.47. The van der Waals surface area contributed by atoms with Crippen LogP contribution in [0.25, 0.3) is 10.2 Å². The quantitative estimate of drug-likeness (QED) is 0.303. The Labute approximate surface area is 205 Å². The second-order valence-corrected chi connectivity index (χ2v) is 9.14. The number of fused-ring (bicyclic) bond motifs is 1. The third-order valence-corrected chi connectivity index (χ3v) is 6.61. The first kappa shape index (κ1) is 24.8. The third kappa shape index (κ3) is 6.23. The van der Waals surface area contributed by atoms with Crippen molar-refractivity contribution in [3.8, 4) is 0 Å². The lowest BCUT2D eigenvalue weighted by atomic mass is 10.2. The number of carbonyl (C=O) groups is 1. The number of nitrogens with zero attached hydrogens (tertiary/aromatic N) is 2. The Hall–Kier alpha value is -3.31. The minimum atomic E-state index is -0.765. The molecule has 0 aliphatic rings. The molecule has 0 aliphatic heterocycles. The van der Waals surface area contributed by atoms with Crippen molar-refractivity contribution in [3.63, 3.8) is 0 Å². The SMILES string of the molecule is COC(=O)c1sc2nc(CN(Cc3ccco3)C[C@H](O)COCc3ccccc3)[nH]c(=O)c2c1C. The monoisotopic (exact) mass is 497 g/mol. The van der Waals surface area contributed by atoms with E-state index in [1.54, 1.807) is 19.3 Å². The second-order valence-electron chi connectivity index (χ2n) is 8.14. The van der Waals surface area contributed by atoms with E-state index in [4.69, 9.17) is 13.9 Å². The molecule has 0 amide bonds. The molecule has 1 atom stereocenters. The number of carbonyl (C=O) groups excluding carboxylic acids is 1. The standard InChI is InChI=1S/C25H27N3O6S/c1-16-21-23(30)26-20(27-24(21)35-22(16)25(31)32-2)13-28(12-19-9-6-10-34-19)11-18(29)15-33-14-17-7-4-3-5-8-17/h3-10,18,29H,11-15H2,1-2H3,(H,26,27,30)/t18-/m0/s1. The van der Waals surface area contributed by atoms with Crippen LogP contribution in [0.5, 0.6) is 0 Å². The topological polar surface area (TPSA) is 118 Å². The summed E-state index contributed by atoms with van der Waals surface area (Å²) >= 11 is 1.13. The molecule has 0 bridgehead atoms. The molecular formula is C25H27N3O6S. The van der Waals surface area contributed by atoms with Crippen LogP contribution in [-0.4, -0.2) is 52.3 Å². The van der Waals surface area contributed by atoms with Gasteiger partial charge in [-0.3, -0.25) is 9.69 Å². The van der Waals surface area contributed by atoms with E-state index in [0.29, 0.717) is 45.4 Å². The lowest BCUT2D eigenvalue weighted by Crippen LogP contribution is -2.35. The fraction of sp³-hybridized carbons (Fsp3) is 0.320. The maximum Gasteiger partial charge on any atom is 0.348 e. The summed E-state index contributed by atoms with van der Waals surface area (Å²) in [5.41, 5.74) is 1.26. The molecule has 0 aliphatic carbocycles. The van der Waals surface area contributed by atoms with E-state index in [-0.39, 0.29) is 25.3 Å². The van der Waals surface area contributed by atoms with Gasteiger partial charge in [-0.25, -0.2) is 9.78 Å². The van der Waals surface area contributed by atoms with Crippen molar-refractivity contribution in [1.29, 1.82) is 0 Å². The highest BCUT2D eigenvalue weighted by Crippen LogP contribution is 2.27. The summed E-state index contributed by atoms with van der Waals surface area (Å²) in [7, 11) is 1.30. The van der Waals surface area contributed by atoms with Crippen LogP contribution < -0.4 is 5.56 Å². The number of aliphatic hydroxyl groups excluding tert-OH is 1.